The molecule has 0 aliphatic carbocycles. The van der Waals surface area contributed by atoms with Crippen molar-refractivity contribution in [1.82, 2.24) is 0 Å². The Morgan fingerprint density at radius 1 is 0.340 bits per heavy atom. The van der Waals surface area contributed by atoms with E-state index in [9.17, 15) is 0 Å². The van der Waals surface area contributed by atoms with Crippen LogP contribution in [0.4, 0.5) is 34.1 Å². The Labute approximate surface area is 295 Å². The minimum atomic E-state index is 0.244. The molecule has 10 rings (SSSR count). The Hall–Kier alpha value is -6.06. The zero-order chi connectivity index (χ0) is 33.0. The van der Waals surface area contributed by atoms with E-state index in [1.54, 1.807) is 0 Å². The van der Waals surface area contributed by atoms with Crippen LogP contribution in [-0.2, 0) is 0 Å². The molecule has 0 atom stereocenters. The Balaban J connectivity index is 1.19. The summed E-state index contributed by atoms with van der Waals surface area (Å²) in [5.74, 6) is 0. The van der Waals surface area contributed by atoms with Crippen molar-refractivity contribution < 1.29 is 4.42 Å². The van der Waals surface area contributed by atoms with Crippen molar-refractivity contribution in [2.24, 2.45) is 0 Å². The second-order valence-corrected chi connectivity index (χ2v) is 14.8. The van der Waals surface area contributed by atoms with E-state index in [2.05, 4.69) is 180 Å². The maximum atomic E-state index is 6.42. The van der Waals surface area contributed by atoms with Gasteiger partial charge in [-0.2, -0.15) is 0 Å². The molecular formula is C46H30N2OSe. The zero-order valence-corrected chi connectivity index (χ0v) is 28.7. The van der Waals surface area contributed by atoms with E-state index in [1.165, 1.54) is 30.1 Å². The first-order valence-electron chi connectivity index (χ1n) is 16.8. The van der Waals surface area contributed by atoms with E-state index in [4.69, 9.17) is 4.42 Å². The van der Waals surface area contributed by atoms with E-state index in [1.807, 2.05) is 12.1 Å². The molecule has 0 spiro atoms. The van der Waals surface area contributed by atoms with E-state index in [0.29, 0.717) is 0 Å². The summed E-state index contributed by atoms with van der Waals surface area (Å²) >= 11 is 0.244. The molecule has 0 amide bonds. The molecule has 0 saturated carbocycles. The van der Waals surface area contributed by atoms with Crippen LogP contribution >= 0.6 is 0 Å². The number of anilines is 6. The van der Waals surface area contributed by atoms with Crippen molar-refractivity contribution in [2.45, 2.75) is 0 Å². The Morgan fingerprint density at radius 2 is 0.900 bits per heavy atom. The third-order valence-electron chi connectivity index (χ3n) is 9.60. The monoisotopic (exact) mass is 706 g/mol. The topological polar surface area (TPSA) is 19.6 Å². The average Bonchev–Trinajstić information content (AvgIpc) is 3.74. The molecule has 2 heterocycles. The standard InChI is InChI=1S/C46H30N2OSe/c1-3-13-32(14-4-1)47(33-15-5-2-6-16-33)34-17-11-18-35(28-34)48(37-23-26-40-39-20-9-10-21-43(39)49-44(40)30-37)36-24-27-45-42(29-36)41-25-22-31-12-7-8-19-38(31)46(41)50-45/h1-30H. The van der Waals surface area contributed by atoms with Crippen molar-refractivity contribution in [3.05, 3.63) is 182 Å². The molecule has 0 radical (unpaired) electrons. The molecule has 0 bridgehead atoms. The van der Waals surface area contributed by atoms with Crippen LogP contribution in [0.2, 0.25) is 0 Å². The van der Waals surface area contributed by atoms with Crippen LogP contribution in [0.1, 0.15) is 0 Å². The fourth-order valence-electron chi connectivity index (χ4n) is 7.30. The van der Waals surface area contributed by atoms with E-state index < -0.39 is 0 Å². The Kier molecular flexibility index (Phi) is 6.83. The second-order valence-electron chi connectivity index (χ2n) is 12.6. The Bertz CT molecular complexity index is 2800. The molecule has 10 aromatic rings. The number of hydrogen-bond donors (Lipinski definition) is 0. The molecular weight excluding hydrogens is 675 g/mol. The summed E-state index contributed by atoms with van der Waals surface area (Å²) in [5.41, 5.74) is 8.29. The second kappa shape index (κ2) is 11.8. The summed E-state index contributed by atoms with van der Waals surface area (Å²) in [5, 5.41) is 7.60. The van der Waals surface area contributed by atoms with Crippen LogP contribution in [0.5, 0.6) is 0 Å². The van der Waals surface area contributed by atoms with Gasteiger partial charge in [0.05, 0.1) is 0 Å². The molecule has 0 unspecified atom stereocenters. The van der Waals surface area contributed by atoms with Gasteiger partial charge in [0.2, 0.25) is 0 Å². The predicted octanol–water partition coefficient (Wildman–Crippen LogP) is 13.0. The van der Waals surface area contributed by atoms with Crippen molar-refractivity contribution in [3.63, 3.8) is 0 Å². The van der Waals surface area contributed by atoms with Crippen LogP contribution in [0.3, 0.4) is 0 Å². The van der Waals surface area contributed by atoms with E-state index >= 15 is 0 Å². The van der Waals surface area contributed by atoms with Crippen molar-refractivity contribution in [2.75, 3.05) is 9.80 Å². The van der Waals surface area contributed by atoms with Gasteiger partial charge in [0, 0.05) is 0 Å². The molecule has 8 aromatic carbocycles. The third kappa shape index (κ3) is 4.81. The summed E-state index contributed by atoms with van der Waals surface area (Å²) in [6.45, 7) is 0. The minimum absolute atomic E-state index is 0.244. The average molecular weight is 706 g/mol. The molecule has 4 heteroatoms. The molecule has 2 aromatic heterocycles. The molecule has 0 N–H and O–H groups in total. The molecule has 0 aliphatic heterocycles. The maximum absolute atomic E-state index is 6.42. The number of furan rings is 1. The normalized spacial score (nSPS) is 11.6. The number of hydrogen-bond acceptors (Lipinski definition) is 3. The first-order valence-corrected chi connectivity index (χ1v) is 18.6. The summed E-state index contributed by atoms with van der Waals surface area (Å²) in [7, 11) is 0. The predicted molar refractivity (Wildman–Crippen MR) is 213 cm³/mol. The number of benzene rings is 8. The van der Waals surface area contributed by atoms with Gasteiger partial charge in [0.1, 0.15) is 0 Å². The molecule has 0 saturated heterocycles. The number of para-hydroxylation sites is 3. The van der Waals surface area contributed by atoms with E-state index in [-0.39, 0.29) is 14.5 Å². The zero-order valence-electron chi connectivity index (χ0n) is 27.0. The summed E-state index contributed by atoms with van der Waals surface area (Å²) < 4.78 is 9.32. The van der Waals surface area contributed by atoms with Gasteiger partial charge in [-0.15, -0.1) is 0 Å². The Morgan fingerprint density at radius 3 is 1.68 bits per heavy atom. The molecule has 3 nitrogen and oxygen atoms in total. The van der Waals surface area contributed by atoms with Gasteiger partial charge < -0.3 is 0 Å². The van der Waals surface area contributed by atoms with Crippen LogP contribution in [0.25, 0.3) is 52.0 Å². The van der Waals surface area contributed by atoms with Crippen molar-refractivity contribution in [1.29, 1.82) is 0 Å². The first-order chi connectivity index (χ1) is 24.8. The summed E-state index contributed by atoms with van der Waals surface area (Å²) in [4.78, 5) is 4.69. The van der Waals surface area contributed by atoms with Gasteiger partial charge in [0.15, 0.2) is 0 Å². The molecule has 50 heavy (non-hydrogen) atoms. The van der Waals surface area contributed by atoms with Gasteiger partial charge in [-0.1, -0.05) is 12.1 Å². The molecule has 0 aliphatic rings. The van der Waals surface area contributed by atoms with Crippen LogP contribution in [0, 0.1) is 0 Å². The van der Waals surface area contributed by atoms with Crippen molar-refractivity contribution in [3.8, 4) is 0 Å². The van der Waals surface area contributed by atoms with E-state index in [0.717, 1.165) is 56.1 Å². The van der Waals surface area contributed by atoms with Gasteiger partial charge in [-0.25, -0.2) is 0 Å². The number of rotatable bonds is 6. The van der Waals surface area contributed by atoms with Crippen LogP contribution in [0.15, 0.2) is 186 Å². The van der Waals surface area contributed by atoms with Gasteiger partial charge in [-0.05, 0) is 0 Å². The van der Waals surface area contributed by atoms with Crippen molar-refractivity contribution >= 4 is 101 Å². The molecule has 236 valence electrons. The third-order valence-corrected chi connectivity index (χ3v) is 12.2. The number of nitrogens with zero attached hydrogens (tertiary/aromatic N) is 2. The summed E-state index contributed by atoms with van der Waals surface area (Å²) in [6.07, 6.45) is 0. The van der Waals surface area contributed by atoms with Gasteiger partial charge in [-0.3, -0.25) is 0 Å². The molecule has 0 fully saturated rings. The SMILES string of the molecule is c1ccc(N(c2ccccc2)c2cccc(N(c3ccc4c(c3)oc3ccccc34)c3ccc4[se]c5c6ccccc6ccc5c4c3)c2)cc1. The van der Waals surface area contributed by atoms with Crippen LogP contribution in [-0.4, -0.2) is 14.5 Å². The summed E-state index contributed by atoms with van der Waals surface area (Å²) in [6, 6.07) is 65.3. The van der Waals surface area contributed by atoms with Gasteiger partial charge >= 0.3 is 285 Å². The quantitative estimate of drug-likeness (QED) is 0.161. The van der Waals surface area contributed by atoms with Gasteiger partial charge in [0.25, 0.3) is 0 Å². The fraction of sp³-hybridized carbons (Fsp3) is 0. The van der Waals surface area contributed by atoms with Crippen LogP contribution < -0.4 is 9.80 Å². The number of fused-ring (bicyclic) bond motifs is 8. The fourth-order valence-corrected chi connectivity index (χ4v) is 9.86. The first kappa shape index (κ1) is 28.9.